The summed E-state index contributed by atoms with van der Waals surface area (Å²) in [5.41, 5.74) is 0. The largest absolute Gasteiger partial charge is 0.464 e. The minimum Gasteiger partial charge on any atom is -0.464 e. The summed E-state index contributed by atoms with van der Waals surface area (Å²) in [6.07, 6.45) is 9.62. The van der Waals surface area contributed by atoms with Crippen molar-refractivity contribution in [1.29, 1.82) is 0 Å². The fraction of sp³-hybridized carbons (Fsp3) is 0.917. The van der Waals surface area contributed by atoms with Crippen molar-refractivity contribution in [1.82, 2.24) is 0 Å². The minimum absolute atomic E-state index is 0.373. The van der Waals surface area contributed by atoms with Crippen LogP contribution >= 0.6 is 0 Å². The Bertz CT molecular complexity index is 149. The molecule has 0 saturated carbocycles. The van der Waals surface area contributed by atoms with Gasteiger partial charge in [0.2, 0.25) is 0 Å². The number of alkyl halides is 1. The number of carbonyl (C=O) groups is 1. The van der Waals surface area contributed by atoms with Crippen LogP contribution in [0.5, 0.6) is 0 Å². The molecule has 0 amide bonds. The van der Waals surface area contributed by atoms with Crippen LogP contribution in [0.15, 0.2) is 0 Å². The van der Waals surface area contributed by atoms with Gasteiger partial charge in [0, 0.05) is 0 Å². The number of hydrogen-bond acceptors (Lipinski definition) is 2. The van der Waals surface area contributed by atoms with Crippen LogP contribution in [0, 0.1) is 0 Å². The van der Waals surface area contributed by atoms with E-state index in [0.29, 0.717) is 6.61 Å². The molecule has 15 heavy (non-hydrogen) atoms. The highest BCUT2D eigenvalue weighted by molar-refractivity contribution is 5.70. The van der Waals surface area contributed by atoms with E-state index in [0.717, 1.165) is 12.8 Å². The average molecular weight is 218 g/mol. The lowest BCUT2D eigenvalue weighted by Gasteiger charge is -2.02. The van der Waals surface area contributed by atoms with Crippen molar-refractivity contribution in [2.75, 3.05) is 13.3 Å². The summed E-state index contributed by atoms with van der Waals surface area (Å²) in [4.78, 5) is 10.4. The number of rotatable bonds is 10. The summed E-state index contributed by atoms with van der Waals surface area (Å²) in [5.74, 6) is -0.738. The van der Waals surface area contributed by atoms with Crippen LogP contribution in [0.1, 0.15) is 58.3 Å². The van der Waals surface area contributed by atoms with E-state index in [2.05, 4.69) is 11.7 Å². The number of esters is 1. The molecule has 0 radical (unpaired) electrons. The highest BCUT2D eigenvalue weighted by Crippen LogP contribution is 2.08. The molecule has 0 N–H and O–H groups in total. The Morgan fingerprint density at radius 3 is 2.07 bits per heavy atom. The molecule has 0 fully saturated rings. The normalized spacial score (nSPS) is 10.3. The Labute approximate surface area is 92.2 Å². The third-order valence-electron chi connectivity index (χ3n) is 2.37. The second-order valence-corrected chi connectivity index (χ2v) is 3.83. The molecule has 0 aromatic heterocycles. The van der Waals surface area contributed by atoms with Gasteiger partial charge in [-0.05, 0) is 6.42 Å². The second-order valence-electron chi connectivity index (χ2n) is 3.83. The van der Waals surface area contributed by atoms with Crippen LogP contribution in [-0.2, 0) is 9.53 Å². The molecule has 90 valence electrons. The van der Waals surface area contributed by atoms with Crippen molar-refractivity contribution >= 4 is 5.97 Å². The first-order chi connectivity index (χ1) is 7.31. The molecular formula is C12H23FO2. The lowest BCUT2D eigenvalue weighted by atomic mass is 10.1. The Hall–Kier alpha value is -0.600. The van der Waals surface area contributed by atoms with Crippen molar-refractivity contribution in [3.8, 4) is 0 Å². The number of hydrogen-bond donors (Lipinski definition) is 0. The van der Waals surface area contributed by atoms with E-state index in [1.807, 2.05) is 0 Å². The number of ether oxygens (including phenoxy) is 1. The van der Waals surface area contributed by atoms with Gasteiger partial charge in [0.25, 0.3) is 0 Å². The molecule has 3 heteroatoms. The second kappa shape index (κ2) is 11.5. The van der Waals surface area contributed by atoms with E-state index >= 15 is 0 Å². The Morgan fingerprint density at radius 2 is 1.53 bits per heavy atom. The summed E-state index contributed by atoms with van der Waals surface area (Å²) in [5, 5.41) is 0. The van der Waals surface area contributed by atoms with Crippen LogP contribution < -0.4 is 0 Å². The van der Waals surface area contributed by atoms with Crippen LogP contribution in [0.25, 0.3) is 0 Å². The van der Waals surface area contributed by atoms with Crippen molar-refractivity contribution in [2.24, 2.45) is 0 Å². The molecule has 0 unspecified atom stereocenters. The van der Waals surface area contributed by atoms with E-state index in [-0.39, 0.29) is 0 Å². The SMILES string of the molecule is CCCCCCCCCCOC(=O)CF. The van der Waals surface area contributed by atoms with Crippen LogP contribution in [0.3, 0.4) is 0 Å². The van der Waals surface area contributed by atoms with Gasteiger partial charge in [0.05, 0.1) is 6.61 Å². The highest BCUT2D eigenvalue weighted by atomic mass is 19.1. The van der Waals surface area contributed by atoms with Gasteiger partial charge in [-0.25, -0.2) is 9.18 Å². The molecule has 2 nitrogen and oxygen atoms in total. The quantitative estimate of drug-likeness (QED) is 0.413. The van der Waals surface area contributed by atoms with Gasteiger partial charge in [-0.2, -0.15) is 0 Å². The van der Waals surface area contributed by atoms with Gasteiger partial charge in [-0.15, -0.1) is 0 Å². The van der Waals surface area contributed by atoms with Gasteiger partial charge in [-0.1, -0.05) is 51.9 Å². The lowest BCUT2D eigenvalue weighted by molar-refractivity contribution is -0.144. The van der Waals surface area contributed by atoms with E-state index in [4.69, 9.17) is 0 Å². The zero-order valence-electron chi connectivity index (χ0n) is 9.77. The fourth-order valence-electron chi connectivity index (χ4n) is 1.46. The summed E-state index contributed by atoms with van der Waals surface area (Å²) in [7, 11) is 0. The first-order valence-electron chi connectivity index (χ1n) is 6.02. The Morgan fingerprint density at radius 1 is 1.00 bits per heavy atom. The van der Waals surface area contributed by atoms with Gasteiger partial charge in [0.15, 0.2) is 6.67 Å². The maximum Gasteiger partial charge on any atom is 0.337 e. The molecule has 0 aromatic carbocycles. The predicted octanol–water partition coefficient (Wildman–Crippen LogP) is 3.64. The van der Waals surface area contributed by atoms with Crippen LogP contribution in [0.2, 0.25) is 0 Å². The van der Waals surface area contributed by atoms with E-state index in [1.165, 1.54) is 38.5 Å². The molecule has 0 aliphatic heterocycles. The van der Waals surface area contributed by atoms with Crippen molar-refractivity contribution in [2.45, 2.75) is 58.3 Å². The van der Waals surface area contributed by atoms with E-state index in [1.54, 1.807) is 0 Å². The maximum atomic E-state index is 11.7. The third-order valence-corrected chi connectivity index (χ3v) is 2.37. The lowest BCUT2D eigenvalue weighted by Crippen LogP contribution is -2.07. The van der Waals surface area contributed by atoms with Crippen molar-refractivity contribution in [3.05, 3.63) is 0 Å². The molecule has 0 bridgehead atoms. The van der Waals surface area contributed by atoms with Gasteiger partial charge in [-0.3, -0.25) is 0 Å². The monoisotopic (exact) mass is 218 g/mol. The smallest absolute Gasteiger partial charge is 0.337 e. The number of carbonyl (C=O) groups excluding carboxylic acids is 1. The topological polar surface area (TPSA) is 26.3 Å². The van der Waals surface area contributed by atoms with Crippen molar-refractivity contribution in [3.63, 3.8) is 0 Å². The van der Waals surface area contributed by atoms with E-state index in [9.17, 15) is 9.18 Å². The van der Waals surface area contributed by atoms with Crippen LogP contribution in [-0.4, -0.2) is 19.3 Å². The van der Waals surface area contributed by atoms with Gasteiger partial charge >= 0.3 is 5.97 Å². The molecule has 0 atom stereocenters. The zero-order valence-corrected chi connectivity index (χ0v) is 9.77. The first kappa shape index (κ1) is 14.4. The summed E-state index contributed by atoms with van der Waals surface area (Å²) >= 11 is 0. The summed E-state index contributed by atoms with van der Waals surface area (Å²) in [6, 6.07) is 0. The average Bonchev–Trinajstić information content (AvgIpc) is 2.26. The third kappa shape index (κ3) is 11.3. The standard InChI is InChI=1S/C12H23FO2/c1-2-3-4-5-6-7-8-9-10-15-12(14)11-13/h2-11H2,1H3. The highest BCUT2D eigenvalue weighted by Gasteiger charge is 1.99. The fourth-order valence-corrected chi connectivity index (χ4v) is 1.46. The molecule has 0 heterocycles. The number of unbranched alkanes of at least 4 members (excludes halogenated alkanes) is 7. The summed E-state index contributed by atoms with van der Waals surface area (Å²) in [6.45, 7) is 1.58. The van der Waals surface area contributed by atoms with Crippen molar-refractivity contribution < 1.29 is 13.9 Å². The molecule has 0 rings (SSSR count). The Kier molecular flexibility index (Phi) is 11.0. The Balaban J connectivity index is 2.95. The predicted molar refractivity (Wildman–Crippen MR) is 59.5 cm³/mol. The maximum absolute atomic E-state index is 11.7. The minimum atomic E-state index is -1.00. The van der Waals surface area contributed by atoms with E-state index < -0.39 is 12.6 Å². The molecule has 0 saturated heterocycles. The molecular weight excluding hydrogens is 195 g/mol. The first-order valence-corrected chi connectivity index (χ1v) is 6.02. The van der Waals surface area contributed by atoms with Gasteiger partial charge in [0.1, 0.15) is 0 Å². The molecule has 0 aliphatic rings. The zero-order chi connectivity index (χ0) is 11.4. The number of halogens is 1. The molecule has 0 aromatic rings. The van der Waals surface area contributed by atoms with Crippen LogP contribution in [0.4, 0.5) is 4.39 Å². The molecule has 0 aliphatic carbocycles. The summed E-state index contributed by atoms with van der Waals surface area (Å²) < 4.78 is 16.3. The van der Waals surface area contributed by atoms with Gasteiger partial charge < -0.3 is 4.74 Å². The molecule has 0 spiro atoms.